The van der Waals surface area contributed by atoms with Gasteiger partial charge in [-0.1, -0.05) is 6.07 Å². The molecular weight excluding hydrogens is 261 g/mol. The highest BCUT2D eigenvalue weighted by Crippen LogP contribution is 2.30. The Hall–Kier alpha value is -1.62. The van der Waals surface area contributed by atoms with Gasteiger partial charge in [-0.15, -0.1) is 0 Å². The van der Waals surface area contributed by atoms with Crippen molar-refractivity contribution in [2.75, 3.05) is 6.54 Å². The van der Waals surface area contributed by atoms with E-state index in [0.29, 0.717) is 12.1 Å². The lowest BCUT2D eigenvalue weighted by molar-refractivity contribution is -0.137. The topological polar surface area (TPSA) is 60.8 Å². The summed E-state index contributed by atoms with van der Waals surface area (Å²) >= 11 is 0. The van der Waals surface area contributed by atoms with E-state index in [0.717, 1.165) is 6.07 Å². The maximum absolute atomic E-state index is 13.9. The van der Waals surface area contributed by atoms with E-state index in [1.807, 2.05) is 32.6 Å². The summed E-state index contributed by atoms with van der Waals surface area (Å²) in [6.07, 6.45) is 0.00130. The first-order chi connectivity index (χ1) is 9.12. The van der Waals surface area contributed by atoms with Crippen LogP contribution in [0.15, 0.2) is 18.2 Å². The Balaban J connectivity index is 3.03. The second kappa shape index (κ2) is 6.22. The molecule has 1 aromatic rings. The first kappa shape index (κ1) is 16.4. The van der Waals surface area contributed by atoms with Gasteiger partial charge in [-0.05, 0) is 33.8 Å². The van der Waals surface area contributed by atoms with Crippen LogP contribution in [-0.2, 0) is 4.79 Å². The molecule has 5 heteroatoms. The van der Waals surface area contributed by atoms with E-state index in [-0.39, 0.29) is 23.8 Å². The maximum atomic E-state index is 13.9. The van der Waals surface area contributed by atoms with E-state index in [1.165, 1.54) is 12.1 Å². The van der Waals surface area contributed by atoms with Crippen molar-refractivity contribution in [1.82, 2.24) is 4.90 Å². The number of benzene rings is 1. The lowest BCUT2D eigenvalue weighted by Crippen LogP contribution is -2.44. The van der Waals surface area contributed by atoms with Crippen LogP contribution in [-0.4, -0.2) is 33.2 Å². The molecule has 1 atom stereocenters. The second-order valence-corrected chi connectivity index (χ2v) is 5.89. The van der Waals surface area contributed by atoms with Crippen LogP contribution >= 0.6 is 0 Å². The average Bonchev–Trinajstić information content (AvgIpc) is 2.26. The highest BCUT2D eigenvalue weighted by Gasteiger charge is 2.28. The molecule has 0 amide bonds. The van der Waals surface area contributed by atoms with Crippen LogP contribution in [0.1, 0.15) is 45.7 Å². The van der Waals surface area contributed by atoms with Gasteiger partial charge >= 0.3 is 5.97 Å². The zero-order valence-corrected chi connectivity index (χ0v) is 12.4. The smallest absolute Gasteiger partial charge is 0.304 e. The van der Waals surface area contributed by atoms with Crippen LogP contribution in [0.5, 0.6) is 5.75 Å². The number of carboxylic acids is 1. The van der Waals surface area contributed by atoms with Crippen molar-refractivity contribution in [2.45, 2.75) is 45.7 Å². The summed E-state index contributed by atoms with van der Waals surface area (Å²) in [6.45, 7) is 8.06. The SMILES string of the molecule is CC(c1ccc(O)cc1F)N(CCC(=O)O)C(C)(C)C. The Morgan fingerprint density at radius 1 is 1.40 bits per heavy atom. The zero-order chi connectivity index (χ0) is 15.5. The minimum absolute atomic E-state index is 0.00130. The first-order valence-electron chi connectivity index (χ1n) is 6.60. The number of phenolic OH excluding ortho intramolecular Hbond substituents is 1. The molecule has 0 aliphatic carbocycles. The number of aromatic hydroxyl groups is 1. The molecule has 4 nitrogen and oxygen atoms in total. The van der Waals surface area contributed by atoms with Gasteiger partial charge < -0.3 is 10.2 Å². The van der Waals surface area contributed by atoms with Gasteiger partial charge in [0, 0.05) is 29.8 Å². The fourth-order valence-electron chi connectivity index (χ4n) is 2.35. The molecule has 1 aromatic carbocycles. The molecule has 0 saturated carbocycles. The third-order valence-corrected chi connectivity index (χ3v) is 3.33. The van der Waals surface area contributed by atoms with Gasteiger partial charge in [0.15, 0.2) is 0 Å². The van der Waals surface area contributed by atoms with E-state index in [1.54, 1.807) is 0 Å². The number of phenols is 1. The highest BCUT2D eigenvalue weighted by molar-refractivity contribution is 5.66. The third-order valence-electron chi connectivity index (χ3n) is 3.33. The van der Waals surface area contributed by atoms with E-state index >= 15 is 0 Å². The van der Waals surface area contributed by atoms with Gasteiger partial charge in [0.05, 0.1) is 6.42 Å². The minimum Gasteiger partial charge on any atom is -0.508 e. The summed E-state index contributed by atoms with van der Waals surface area (Å²) in [5.41, 5.74) is 0.155. The highest BCUT2D eigenvalue weighted by atomic mass is 19.1. The molecule has 0 heterocycles. The largest absolute Gasteiger partial charge is 0.508 e. The molecule has 112 valence electrons. The van der Waals surface area contributed by atoms with E-state index in [9.17, 15) is 14.3 Å². The number of nitrogens with zero attached hydrogens (tertiary/aromatic N) is 1. The fourth-order valence-corrected chi connectivity index (χ4v) is 2.35. The Morgan fingerprint density at radius 3 is 2.45 bits per heavy atom. The molecule has 0 fully saturated rings. The molecule has 2 N–H and O–H groups in total. The van der Waals surface area contributed by atoms with Gasteiger partial charge in [0.1, 0.15) is 11.6 Å². The summed E-state index contributed by atoms with van der Waals surface area (Å²) in [4.78, 5) is 12.7. The number of aliphatic carboxylic acids is 1. The van der Waals surface area contributed by atoms with E-state index in [2.05, 4.69) is 0 Å². The van der Waals surface area contributed by atoms with Gasteiger partial charge in [-0.2, -0.15) is 0 Å². The molecule has 20 heavy (non-hydrogen) atoms. The number of carbonyl (C=O) groups is 1. The average molecular weight is 283 g/mol. The molecule has 0 aliphatic heterocycles. The number of hydrogen-bond donors (Lipinski definition) is 2. The maximum Gasteiger partial charge on any atom is 0.304 e. The molecule has 0 bridgehead atoms. The van der Waals surface area contributed by atoms with Crippen molar-refractivity contribution in [3.63, 3.8) is 0 Å². The zero-order valence-electron chi connectivity index (χ0n) is 12.4. The standard InChI is InChI=1S/C15H22FNO3/c1-10(12-6-5-11(18)9-13(12)16)17(15(2,3)4)8-7-14(19)20/h5-6,9-10,18H,7-8H2,1-4H3,(H,19,20). The first-order valence-corrected chi connectivity index (χ1v) is 6.60. The molecule has 0 saturated heterocycles. The van der Waals surface area contributed by atoms with Crippen molar-refractivity contribution < 1.29 is 19.4 Å². The Bertz CT molecular complexity index is 482. The lowest BCUT2D eigenvalue weighted by atomic mass is 9.98. The van der Waals surface area contributed by atoms with Gasteiger partial charge in [-0.25, -0.2) is 4.39 Å². The molecule has 1 rings (SSSR count). The summed E-state index contributed by atoms with van der Waals surface area (Å²) < 4.78 is 13.9. The summed E-state index contributed by atoms with van der Waals surface area (Å²) in [7, 11) is 0. The quantitative estimate of drug-likeness (QED) is 0.871. The van der Waals surface area contributed by atoms with Crippen LogP contribution in [0.25, 0.3) is 0 Å². The normalized spacial score (nSPS) is 13.5. The van der Waals surface area contributed by atoms with E-state index in [4.69, 9.17) is 5.11 Å². The third kappa shape index (κ3) is 4.20. The lowest BCUT2D eigenvalue weighted by Gasteiger charge is -2.40. The van der Waals surface area contributed by atoms with Crippen LogP contribution in [0, 0.1) is 5.82 Å². The molecule has 0 radical (unpaired) electrons. The van der Waals surface area contributed by atoms with Crippen LogP contribution in [0.2, 0.25) is 0 Å². The summed E-state index contributed by atoms with van der Waals surface area (Å²) in [6, 6.07) is 3.76. The van der Waals surface area contributed by atoms with Crippen molar-refractivity contribution in [1.29, 1.82) is 0 Å². The molecule has 0 aromatic heterocycles. The minimum atomic E-state index is -0.877. The van der Waals surface area contributed by atoms with Crippen LogP contribution in [0.3, 0.4) is 0 Å². The number of halogens is 1. The number of rotatable bonds is 5. The van der Waals surface area contributed by atoms with Gasteiger partial charge in [-0.3, -0.25) is 9.69 Å². The Labute approximate surface area is 118 Å². The Kier molecular flexibility index (Phi) is 5.11. The molecule has 1 unspecified atom stereocenters. The monoisotopic (exact) mass is 283 g/mol. The number of hydrogen-bond acceptors (Lipinski definition) is 3. The second-order valence-electron chi connectivity index (χ2n) is 5.89. The van der Waals surface area contributed by atoms with Gasteiger partial charge in [0.25, 0.3) is 0 Å². The van der Waals surface area contributed by atoms with Crippen molar-refractivity contribution in [3.8, 4) is 5.75 Å². The van der Waals surface area contributed by atoms with Gasteiger partial charge in [0.2, 0.25) is 0 Å². The fraction of sp³-hybridized carbons (Fsp3) is 0.533. The summed E-state index contributed by atoms with van der Waals surface area (Å²) in [5, 5.41) is 18.1. The van der Waals surface area contributed by atoms with Crippen molar-refractivity contribution in [3.05, 3.63) is 29.6 Å². The Morgan fingerprint density at radius 2 is 2.00 bits per heavy atom. The predicted octanol–water partition coefficient (Wildman–Crippen LogP) is 3.17. The van der Waals surface area contributed by atoms with Crippen molar-refractivity contribution in [2.24, 2.45) is 0 Å². The molecule has 0 spiro atoms. The van der Waals surface area contributed by atoms with Crippen LogP contribution in [0.4, 0.5) is 4.39 Å². The predicted molar refractivity (Wildman–Crippen MR) is 75.2 cm³/mol. The molecular formula is C15H22FNO3. The van der Waals surface area contributed by atoms with E-state index < -0.39 is 11.8 Å². The summed E-state index contributed by atoms with van der Waals surface area (Å²) in [5.74, 6) is -1.48. The number of carboxylic acid groups (broad SMARTS) is 1. The molecule has 0 aliphatic rings. The van der Waals surface area contributed by atoms with Crippen molar-refractivity contribution >= 4 is 5.97 Å². The van der Waals surface area contributed by atoms with Crippen LogP contribution < -0.4 is 0 Å².